The summed E-state index contributed by atoms with van der Waals surface area (Å²) in [7, 11) is 3.93. The Labute approximate surface area is 120 Å². The van der Waals surface area contributed by atoms with Crippen molar-refractivity contribution in [3.8, 4) is 5.75 Å². The fourth-order valence-corrected chi connectivity index (χ4v) is 2.31. The van der Waals surface area contributed by atoms with E-state index in [1.807, 2.05) is 51.0 Å². The molecule has 4 heteroatoms. The van der Waals surface area contributed by atoms with Crippen molar-refractivity contribution in [2.75, 3.05) is 7.05 Å². The molecular formula is C16H23N3O. The number of nitrogens with one attached hydrogen (secondary N) is 1. The number of aryl methyl sites for hydroxylation is 1. The predicted molar refractivity (Wildman–Crippen MR) is 81.1 cm³/mol. The van der Waals surface area contributed by atoms with E-state index in [1.165, 1.54) is 16.8 Å². The van der Waals surface area contributed by atoms with Crippen molar-refractivity contribution in [2.24, 2.45) is 7.05 Å². The second-order valence-corrected chi connectivity index (χ2v) is 5.27. The van der Waals surface area contributed by atoms with E-state index in [4.69, 9.17) is 4.74 Å². The number of ether oxygens (including phenoxy) is 1. The van der Waals surface area contributed by atoms with Crippen LogP contribution in [-0.2, 0) is 7.05 Å². The molecule has 0 aliphatic heterocycles. The third-order valence-electron chi connectivity index (χ3n) is 3.46. The van der Waals surface area contributed by atoms with Crippen LogP contribution in [0.1, 0.15) is 36.7 Å². The maximum Gasteiger partial charge on any atom is 0.119 e. The molecule has 2 rings (SSSR count). The van der Waals surface area contributed by atoms with E-state index in [-0.39, 0.29) is 12.1 Å². The van der Waals surface area contributed by atoms with Crippen LogP contribution in [0.25, 0.3) is 0 Å². The van der Waals surface area contributed by atoms with Crippen molar-refractivity contribution in [1.29, 1.82) is 0 Å². The van der Waals surface area contributed by atoms with Crippen LogP contribution in [0.5, 0.6) is 5.75 Å². The molecule has 4 nitrogen and oxygen atoms in total. The topological polar surface area (TPSA) is 39.1 Å². The molecule has 2 aromatic rings. The Bertz CT molecular complexity index is 558. The maximum atomic E-state index is 5.68. The van der Waals surface area contributed by atoms with E-state index in [2.05, 4.69) is 29.5 Å². The summed E-state index contributed by atoms with van der Waals surface area (Å²) >= 11 is 0. The van der Waals surface area contributed by atoms with E-state index in [0.717, 1.165) is 5.75 Å². The van der Waals surface area contributed by atoms with Gasteiger partial charge in [-0.05, 0) is 45.5 Å². The summed E-state index contributed by atoms with van der Waals surface area (Å²) in [5.41, 5.74) is 3.58. The summed E-state index contributed by atoms with van der Waals surface area (Å²) in [6.07, 6.45) is 2.12. The SMILES string of the molecule is CNC(c1ccc(OC(C)C)cc1)c1cnn(C)c1C. The number of aromatic nitrogens is 2. The smallest absolute Gasteiger partial charge is 0.119 e. The Morgan fingerprint density at radius 3 is 2.30 bits per heavy atom. The van der Waals surface area contributed by atoms with Gasteiger partial charge in [0.05, 0.1) is 18.3 Å². The fourth-order valence-electron chi connectivity index (χ4n) is 2.31. The van der Waals surface area contributed by atoms with Crippen molar-refractivity contribution in [2.45, 2.75) is 32.9 Å². The highest BCUT2D eigenvalue weighted by molar-refractivity contribution is 5.36. The molecule has 20 heavy (non-hydrogen) atoms. The van der Waals surface area contributed by atoms with Gasteiger partial charge in [0.1, 0.15) is 5.75 Å². The highest BCUT2D eigenvalue weighted by Crippen LogP contribution is 2.26. The molecule has 108 valence electrons. The summed E-state index contributed by atoms with van der Waals surface area (Å²) in [4.78, 5) is 0. The largest absolute Gasteiger partial charge is 0.491 e. The summed E-state index contributed by atoms with van der Waals surface area (Å²) in [5, 5.41) is 7.67. The van der Waals surface area contributed by atoms with Crippen LogP contribution in [0, 0.1) is 6.92 Å². The minimum absolute atomic E-state index is 0.150. The number of benzene rings is 1. The first-order valence-electron chi connectivity index (χ1n) is 6.95. The van der Waals surface area contributed by atoms with Crippen LogP contribution in [0.3, 0.4) is 0 Å². The van der Waals surface area contributed by atoms with Gasteiger partial charge in [-0.2, -0.15) is 5.10 Å². The molecule has 0 saturated heterocycles. The van der Waals surface area contributed by atoms with Crippen LogP contribution in [0.4, 0.5) is 0 Å². The van der Waals surface area contributed by atoms with Crippen LogP contribution in [0.2, 0.25) is 0 Å². The van der Waals surface area contributed by atoms with E-state index in [9.17, 15) is 0 Å². The lowest BCUT2D eigenvalue weighted by Crippen LogP contribution is -2.18. The van der Waals surface area contributed by atoms with Gasteiger partial charge in [-0.3, -0.25) is 4.68 Å². The van der Waals surface area contributed by atoms with Crippen molar-refractivity contribution in [3.05, 3.63) is 47.3 Å². The molecule has 0 spiro atoms. The minimum Gasteiger partial charge on any atom is -0.491 e. The van der Waals surface area contributed by atoms with Gasteiger partial charge in [0.15, 0.2) is 0 Å². The standard InChI is InChI=1S/C16H23N3O/c1-11(2)20-14-8-6-13(7-9-14)16(17-4)15-10-18-19(5)12(15)3/h6-11,16-17H,1-5H3. The Morgan fingerprint density at radius 1 is 1.20 bits per heavy atom. The monoisotopic (exact) mass is 273 g/mol. The molecule has 0 aliphatic carbocycles. The molecular weight excluding hydrogens is 250 g/mol. The lowest BCUT2D eigenvalue weighted by Gasteiger charge is -2.17. The number of rotatable bonds is 5. The molecule has 1 atom stereocenters. The highest BCUT2D eigenvalue weighted by Gasteiger charge is 2.17. The fraction of sp³-hybridized carbons (Fsp3) is 0.438. The Kier molecular flexibility index (Phi) is 4.45. The zero-order valence-electron chi connectivity index (χ0n) is 12.8. The second-order valence-electron chi connectivity index (χ2n) is 5.27. The molecule has 0 saturated carbocycles. The average molecular weight is 273 g/mol. The minimum atomic E-state index is 0.150. The molecule has 1 aromatic heterocycles. The summed E-state index contributed by atoms with van der Waals surface area (Å²) in [6, 6.07) is 8.39. The van der Waals surface area contributed by atoms with E-state index in [0.29, 0.717) is 0 Å². The summed E-state index contributed by atoms with van der Waals surface area (Å²) in [5.74, 6) is 0.904. The normalized spacial score (nSPS) is 12.7. The van der Waals surface area contributed by atoms with Gasteiger partial charge in [-0.1, -0.05) is 12.1 Å². The van der Waals surface area contributed by atoms with Gasteiger partial charge in [0, 0.05) is 18.3 Å². The molecule has 0 aliphatic rings. The highest BCUT2D eigenvalue weighted by atomic mass is 16.5. The van der Waals surface area contributed by atoms with Gasteiger partial charge in [-0.25, -0.2) is 0 Å². The molecule has 1 N–H and O–H groups in total. The predicted octanol–water partition coefficient (Wildman–Crippen LogP) is 2.82. The maximum absolute atomic E-state index is 5.68. The third-order valence-corrected chi connectivity index (χ3v) is 3.46. The number of nitrogens with zero attached hydrogens (tertiary/aromatic N) is 2. The first-order chi connectivity index (χ1) is 9.52. The third kappa shape index (κ3) is 3.02. The zero-order chi connectivity index (χ0) is 14.7. The van der Waals surface area contributed by atoms with Crippen LogP contribution < -0.4 is 10.1 Å². The van der Waals surface area contributed by atoms with E-state index in [1.54, 1.807) is 0 Å². The van der Waals surface area contributed by atoms with Crippen molar-refractivity contribution in [1.82, 2.24) is 15.1 Å². The first kappa shape index (κ1) is 14.6. The zero-order valence-corrected chi connectivity index (χ0v) is 12.8. The van der Waals surface area contributed by atoms with Gasteiger partial charge >= 0.3 is 0 Å². The van der Waals surface area contributed by atoms with E-state index >= 15 is 0 Å². The summed E-state index contributed by atoms with van der Waals surface area (Å²) in [6.45, 7) is 6.15. The Balaban J connectivity index is 2.26. The van der Waals surface area contributed by atoms with E-state index < -0.39 is 0 Å². The van der Waals surface area contributed by atoms with Crippen LogP contribution >= 0.6 is 0 Å². The molecule has 1 aromatic carbocycles. The molecule has 1 heterocycles. The Morgan fingerprint density at radius 2 is 1.85 bits per heavy atom. The second kappa shape index (κ2) is 6.09. The van der Waals surface area contributed by atoms with Gasteiger partial charge in [0.25, 0.3) is 0 Å². The van der Waals surface area contributed by atoms with Gasteiger partial charge in [-0.15, -0.1) is 0 Å². The first-order valence-corrected chi connectivity index (χ1v) is 6.95. The number of hydrogen-bond acceptors (Lipinski definition) is 3. The lowest BCUT2D eigenvalue weighted by molar-refractivity contribution is 0.242. The van der Waals surface area contributed by atoms with Gasteiger partial charge < -0.3 is 10.1 Å². The molecule has 0 bridgehead atoms. The average Bonchev–Trinajstić information content (AvgIpc) is 2.73. The number of hydrogen-bond donors (Lipinski definition) is 1. The summed E-state index contributed by atoms with van der Waals surface area (Å²) < 4.78 is 7.58. The van der Waals surface area contributed by atoms with Crippen LogP contribution in [0.15, 0.2) is 30.5 Å². The van der Waals surface area contributed by atoms with Crippen LogP contribution in [-0.4, -0.2) is 22.9 Å². The quantitative estimate of drug-likeness (QED) is 0.910. The van der Waals surface area contributed by atoms with Crippen molar-refractivity contribution >= 4 is 0 Å². The van der Waals surface area contributed by atoms with Crippen molar-refractivity contribution in [3.63, 3.8) is 0 Å². The lowest BCUT2D eigenvalue weighted by atomic mass is 9.99. The molecule has 0 fully saturated rings. The molecule has 1 unspecified atom stereocenters. The Hall–Kier alpha value is -1.81. The molecule has 0 radical (unpaired) electrons. The van der Waals surface area contributed by atoms with Gasteiger partial charge in [0.2, 0.25) is 0 Å². The molecule has 0 amide bonds. The van der Waals surface area contributed by atoms with Crippen molar-refractivity contribution < 1.29 is 4.74 Å².